The number of carbonyl (C=O) groups is 1. The number of aliphatic hydroxyl groups is 2. The van der Waals surface area contributed by atoms with Crippen LogP contribution in [0.15, 0.2) is 108 Å². The summed E-state index contributed by atoms with van der Waals surface area (Å²) in [7, 11) is 1.53. The Morgan fingerprint density at radius 3 is 2.44 bits per heavy atom. The third-order valence-electron chi connectivity index (χ3n) is 12.1. The molecule has 0 saturated heterocycles. The number of unbranched alkanes of at least 4 members (excludes halogenated alkanes) is 2. The van der Waals surface area contributed by atoms with Crippen LogP contribution in [0, 0.1) is 17.8 Å². The molecule has 1 amide bonds. The lowest BCUT2D eigenvalue weighted by molar-refractivity contribution is -0.256. The highest BCUT2D eigenvalue weighted by Gasteiger charge is 2.65. The van der Waals surface area contributed by atoms with E-state index >= 15 is 0 Å². The number of hydrogen-bond acceptors (Lipinski definition) is 12. The molecule has 1 fully saturated rings. The number of thioether (sulfide) groups is 1. The van der Waals surface area contributed by atoms with Gasteiger partial charge in [0.2, 0.25) is 12.6 Å². The highest BCUT2D eigenvalue weighted by molar-refractivity contribution is 7.98. The largest absolute Gasteiger partial charge is 0.459 e. The van der Waals surface area contributed by atoms with E-state index in [1.54, 1.807) is 28.8 Å². The van der Waals surface area contributed by atoms with Crippen molar-refractivity contribution in [2.45, 2.75) is 80.6 Å². The lowest BCUT2D eigenvalue weighted by Gasteiger charge is -2.59. The van der Waals surface area contributed by atoms with Crippen LogP contribution >= 0.6 is 11.8 Å². The molecule has 3 aromatic rings. The maximum atomic E-state index is 14.6. The van der Waals surface area contributed by atoms with E-state index < -0.39 is 23.8 Å². The van der Waals surface area contributed by atoms with Gasteiger partial charge in [-0.15, -0.1) is 24.9 Å². The molecule has 326 valence electrons. The minimum Gasteiger partial charge on any atom is -0.459 e. The molecule has 0 radical (unpaired) electrons. The SMILES string of the molecule is C=CCCOC(=O)N(Cc1ccc2c(c1)OCO2)[C@H]1CC(=NOC)C2=C[C@H](CCCCO)[C@@H](CCCCO)[C@@H]3c4cc(Oc5ccc(SC)cc5)ccc4O[C@@]1(OCC=C)[C@H]23. The summed E-state index contributed by atoms with van der Waals surface area (Å²) in [5, 5.41) is 24.5. The maximum Gasteiger partial charge on any atom is 0.410 e. The first kappa shape index (κ1) is 44.1. The van der Waals surface area contributed by atoms with E-state index in [0.717, 1.165) is 47.3 Å². The maximum absolute atomic E-state index is 14.6. The standard InChI is InChI=1S/C48H58N2O10S/c1-5-7-25-55-47(53)50(30-32-14-20-42-43(26-32)57-31-56-42)44-29-40(49-54-3)38-27-33(12-8-10-22-51)37(13-9-11-23-52)45-39-28-35(59-34-15-18-36(61-4)19-16-34)17-21-41(39)60-48(44,46(38)45)58-24-6-2/h5-6,14-21,26-28,33,37,44-46,51-52H,1-2,7-13,22-25,29-31H2,3-4H3/t33-,37+,44-,45+,46+,48+/m0/s1. The molecule has 4 aliphatic rings. The van der Waals surface area contributed by atoms with Crippen LogP contribution in [0.5, 0.6) is 28.7 Å². The number of allylic oxidation sites excluding steroid dienone is 1. The van der Waals surface area contributed by atoms with Gasteiger partial charge in [-0.1, -0.05) is 42.3 Å². The molecule has 13 heteroatoms. The molecule has 3 aromatic carbocycles. The van der Waals surface area contributed by atoms with E-state index in [0.29, 0.717) is 53.7 Å². The van der Waals surface area contributed by atoms with Gasteiger partial charge >= 0.3 is 6.09 Å². The number of hydrogen-bond donors (Lipinski definition) is 2. The van der Waals surface area contributed by atoms with Crippen LogP contribution in [0.3, 0.4) is 0 Å². The second kappa shape index (κ2) is 20.7. The molecule has 6 atom stereocenters. The Balaban J connectivity index is 1.42. The fraction of sp³-hybridized carbons (Fsp3) is 0.458. The van der Waals surface area contributed by atoms with Gasteiger partial charge in [0, 0.05) is 42.6 Å². The lowest BCUT2D eigenvalue weighted by Crippen LogP contribution is -2.70. The van der Waals surface area contributed by atoms with Crippen LogP contribution in [0.2, 0.25) is 0 Å². The van der Waals surface area contributed by atoms with E-state index in [2.05, 4.69) is 25.3 Å². The Morgan fingerprint density at radius 2 is 1.70 bits per heavy atom. The highest BCUT2D eigenvalue weighted by atomic mass is 32.2. The number of fused-ring (bicyclic) bond motifs is 3. The minimum atomic E-state index is -1.46. The number of benzene rings is 3. The predicted octanol–water partition coefficient (Wildman–Crippen LogP) is 9.41. The summed E-state index contributed by atoms with van der Waals surface area (Å²) in [4.78, 5) is 23.1. The summed E-state index contributed by atoms with van der Waals surface area (Å²) in [6, 6.07) is 18.8. The molecule has 0 bridgehead atoms. The van der Waals surface area contributed by atoms with Crippen molar-refractivity contribution in [1.82, 2.24) is 4.90 Å². The van der Waals surface area contributed by atoms with Crippen LogP contribution in [-0.4, -0.2) is 85.3 Å². The second-order valence-corrected chi connectivity index (χ2v) is 16.6. The number of amides is 1. The summed E-state index contributed by atoms with van der Waals surface area (Å²) in [6.45, 7) is 8.57. The van der Waals surface area contributed by atoms with E-state index in [4.69, 9.17) is 38.4 Å². The van der Waals surface area contributed by atoms with Crippen molar-refractivity contribution >= 4 is 23.6 Å². The number of ether oxygens (including phenoxy) is 6. The first-order chi connectivity index (χ1) is 29.9. The Kier molecular flexibility index (Phi) is 15.0. The van der Waals surface area contributed by atoms with Crippen molar-refractivity contribution in [2.75, 3.05) is 46.6 Å². The van der Waals surface area contributed by atoms with Crippen molar-refractivity contribution in [3.05, 3.63) is 109 Å². The first-order valence-corrected chi connectivity index (χ1v) is 22.5. The molecular formula is C48H58N2O10S. The zero-order valence-corrected chi connectivity index (χ0v) is 36.0. The fourth-order valence-corrected chi connectivity index (χ4v) is 9.86. The van der Waals surface area contributed by atoms with Gasteiger partial charge in [0.05, 0.1) is 24.8 Å². The topological polar surface area (TPSA) is 138 Å². The molecule has 2 aliphatic heterocycles. The van der Waals surface area contributed by atoms with Crippen molar-refractivity contribution in [3.63, 3.8) is 0 Å². The average molecular weight is 855 g/mol. The molecule has 0 spiro atoms. The van der Waals surface area contributed by atoms with Gasteiger partial charge in [0.1, 0.15) is 30.4 Å². The molecule has 2 aliphatic carbocycles. The number of aliphatic hydroxyl groups excluding tert-OH is 2. The molecule has 12 nitrogen and oxygen atoms in total. The van der Waals surface area contributed by atoms with Gasteiger partial charge in [0.25, 0.3) is 0 Å². The van der Waals surface area contributed by atoms with Crippen LogP contribution in [0.25, 0.3) is 0 Å². The van der Waals surface area contributed by atoms with Gasteiger partial charge in [-0.25, -0.2) is 4.79 Å². The Bertz CT molecular complexity index is 2060. The number of nitrogens with zero attached hydrogens (tertiary/aromatic N) is 2. The third kappa shape index (κ3) is 9.60. The fourth-order valence-electron chi connectivity index (χ4n) is 9.45. The van der Waals surface area contributed by atoms with Crippen LogP contribution in [0.4, 0.5) is 4.79 Å². The minimum absolute atomic E-state index is 0.0499. The molecular weight excluding hydrogens is 797 g/mol. The summed E-state index contributed by atoms with van der Waals surface area (Å²) in [5.74, 6) is 1.19. The van der Waals surface area contributed by atoms with E-state index in [9.17, 15) is 15.0 Å². The lowest BCUT2D eigenvalue weighted by atomic mass is 9.55. The number of oxime groups is 1. The van der Waals surface area contributed by atoms with Crippen LogP contribution in [0.1, 0.15) is 68.4 Å². The monoisotopic (exact) mass is 854 g/mol. The predicted molar refractivity (Wildman–Crippen MR) is 235 cm³/mol. The third-order valence-corrected chi connectivity index (χ3v) is 12.8. The number of rotatable bonds is 21. The molecule has 7 rings (SSSR count). The van der Waals surface area contributed by atoms with E-state index in [-0.39, 0.29) is 63.9 Å². The zero-order valence-electron chi connectivity index (χ0n) is 35.2. The Hall–Kier alpha value is -4.95. The van der Waals surface area contributed by atoms with Crippen molar-refractivity contribution in [1.29, 1.82) is 0 Å². The Morgan fingerprint density at radius 1 is 0.951 bits per heavy atom. The van der Waals surface area contributed by atoms with Crippen LogP contribution < -0.4 is 18.9 Å². The zero-order chi connectivity index (χ0) is 42.8. The average Bonchev–Trinajstić information content (AvgIpc) is 3.75. The smallest absolute Gasteiger partial charge is 0.410 e. The summed E-state index contributed by atoms with van der Waals surface area (Å²) in [6.07, 6.45) is 12.5. The van der Waals surface area contributed by atoms with Gasteiger partial charge in [-0.2, -0.15) is 0 Å². The van der Waals surface area contributed by atoms with E-state index in [1.807, 2.05) is 60.9 Å². The Labute approximate surface area is 363 Å². The van der Waals surface area contributed by atoms with Gasteiger partial charge in [-0.3, -0.25) is 4.90 Å². The van der Waals surface area contributed by atoms with Gasteiger partial charge in [-0.05, 0) is 116 Å². The molecule has 2 N–H and O–H groups in total. The normalized spacial score (nSPS) is 23.8. The molecule has 61 heavy (non-hydrogen) atoms. The molecule has 0 unspecified atom stereocenters. The van der Waals surface area contributed by atoms with Gasteiger partial charge in [0.15, 0.2) is 11.5 Å². The second-order valence-electron chi connectivity index (χ2n) is 15.7. The summed E-state index contributed by atoms with van der Waals surface area (Å²) < 4.78 is 38.3. The van der Waals surface area contributed by atoms with Crippen LogP contribution in [-0.2, 0) is 20.9 Å². The van der Waals surface area contributed by atoms with Crippen molar-refractivity contribution < 1.29 is 48.3 Å². The highest BCUT2D eigenvalue weighted by Crippen LogP contribution is 2.62. The quantitative estimate of drug-likeness (QED) is 0.0459. The first-order valence-electron chi connectivity index (χ1n) is 21.2. The molecule has 0 aromatic heterocycles. The summed E-state index contributed by atoms with van der Waals surface area (Å²) >= 11 is 1.67. The van der Waals surface area contributed by atoms with Crippen molar-refractivity contribution in [3.8, 4) is 28.7 Å². The van der Waals surface area contributed by atoms with E-state index in [1.165, 1.54) is 7.11 Å². The number of carbonyl (C=O) groups excluding carboxylic acids is 1. The van der Waals surface area contributed by atoms with Gasteiger partial charge < -0.3 is 43.5 Å². The summed E-state index contributed by atoms with van der Waals surface area (Å²) in [5.41, 5.74) is 3.38. The van der Waals surface area contributed by atoms with Crippen molar-refractivity contribution in [2.24, 2.45) is 22.9 Å². The molecule has 1 saturated carbocycles. The molecule has 2 heterocycles.